The molecule has 2 heterocycles. The first-order valence-corrected chi connectivity index (χ1v) is 6.67. The third-order valence-electron chi connectivity index (χ3n) is 2.43. The van der Waals surface area contributed by atoms with E-state index in [4.69, 9.17) is 4.42 Å². The molecule has 0 bridgehead atoms. The molecule has 0 radical (unpaired) electrons. The minimum atomic E-state index is -0.482. The van der Waals surface area contributed by atoms with E-state index in [1.165, 1.54) is 25.1 Å². The van der Waals surface area contributed by atoms with Gasteiger partial charge in [0.25, 0.3) is 0 Å². The fourth-order valence-electron chi connectivity index (χ4n) is 1.47. The Balaban J connectivity index is 2.09. The van der Waals surface area contributed by atoms with E-state index in [-0.39, 0.29) is 11.8 Å². The summed E-state index contributed by atoms with van der Waals surface area (Å²) in [5.74, 6) is 0.274. The molecule has 8 heteroatoms. The van der Waals surface area contributed by atoms with Crippen LogP contribution in [0, 0.1) is 0 Å². The lowest BCUT2D eigenvalue weighted by Crippen LogP contribution is -2.05. The number of tetrazole rings is 1. The highest BCUT2D eigenvalue weighted by Crippen LogP contribution is 2.24. The number of carbonyl (C=O) groups excluding carboxylic acids is 1. The summed E-state index contributed by atoms with van der Waals surface area (Å²) in [4.78, 5) is 11.5. The molecule has 0 atom stereocenters. The van der Waals surface area contributed by atoms with Gasteiger partial charge in [0.2, 0.25) is 10.9 Å². The number of thioether (sulfide) groups is 1. The average Bonchev–Trinajstić information content (AvgIpc) is 3.03. The van der Waals surface area contributed by atoms with E-state index < -0.39 is 5.97 Å². The van der Waals surface area contributed by atoms with Gasteiger partial charge in [0, 0.05) is 11.3 Å². The SMILES string of the molecule is COC(=O)c1occc1CSc1nnnn1C(C)C. The molecule has 0 aliphatic rings. The second-order valence-corrected chi connectivity index (χ2v) is 5.00. The van der Waals surface area contributed by atoms with Gasteiger partial charge in [0.15, 0.2) is 0 Å². The van der Waals surface area contributed by atoms with Crippen LogP contribution in [0.2, 0.25) is 0 Å². The maximum absolute atomic E-state index is 11.5. The van der Waals surface area contributed by atoms with Gasteiger partial charge in [-0.05, 0) is 30.3 Å². The van der Waals surface area contributed by atoms with Crippen molar-refractivity contribution in [3.63, 3.8) is 0 Å². The van der Waals surface area contributed by atoms with Crippen molar-refractivity contribution in [2.45, 2.75) is 30.8 Å². The molecule has 0 unspecified atom stereocenters. The van der Waals surface area contributed by atoms with Crippen LogP contribution in [-0.2, 0) is 10.5 Å². The summed E-state index contributed by atoms with van der Waals surface area (Å²) in [5.41, 5.74) is 0.759. The summed E-state index contributed by atoms with van der Waals surface area (Å²) < 4.78 is 11.5. The van der Waals surface area contributed by atoms with E-state index in [0.29, 0.717) is 10.9 Å². The van der Waals surface area contributed by atoms with Crippen molar-refractivity contribution in [3.8, 4) is 0 Å². The summed E-state index contributed by atoms with van der Waals surface area (Å²) in [6.07, 6.45) is 1.47. The Hall–Kier alpha value is -1.83. The largest absolute Gasteiger partial charge is 0.463 e. The molecule has 7 nitrogen and oxygen atoms in total. The second-order valence-electron chi connectivity index (χ2n) is 4.05. The summed E-state index contributed by atoms with van der Waals surface area (Å²) in [5, 5.41) is 12.2. The quantitative estimate of drug-likeness (QED) is 0.612. The smallest absolute Gasteiger partial charge is 0.374 e. The third-order valence-corrected chi connectivity index (χ3v) is 3.41. The van der Waals surface area contributed by atoms with Gasteiger partial charge in [-0.1, -0.05) is 11.8 Å². The van der Waals surface area contributed by atoms with Crippen LogP contribution in [0.15, 0.2) is 21.9 Å². The Morgan fingerprint density at radius 3 is 3.05 bits per heavy atom. The van der Waals surface area contributed by atoms with Gasteiger partial charge < -0.3 is 9.15 Å². The normalized spacial score (nSPS) is 10.9. The zero-order chi connectivity index (χ0) is 13.8. The molecule has 0 saturated heterocycles. The molecule has 2 rings (SSSR count). The van der Waals surface area contributed by atoms with E-state index in [0.717, 1.165) is 5.56 Å². The van der Waals surface area contributed by atoms with Gasteiger partial charge in [-0.2, -0.15) is 0 Å². The minimum Gasteiger partial charge on any atom is -0.463 e. The standard InChI is InChI=1S/C11H14N4O3S/c1-7(2)15-11(12-13-14-15)19-6-8-4-5-18-9(8)10(16)17-3/h4-5,7H,6H2,1-3H3. The lowest BCUT2D eigenvalue weighted by molar-refractivity contribution is 0.0564. The maximum atomic E-state index is 11.5. The highest BCUT2D eigenvalue weighted by atomic mass is 32.2. The van der Waals surface area contributed by atoms with Gasteiger partial charge in [-0.25, -0.2) is 9.48 Å². The molecule has 0 N–H and O–H groups in total. The Morgan fingerprint density at radius 1 is 1.58 bits per heavy atom. The fraction of sp³-hybridized carbons (Fsp3) is 0.455. The Bertz CT molecular complexity index is 564. The van der Waals surface area contributed by atoms with Crippen molar-refractivity contribution < 1.29 is 13.9 Å². The summed E-state index contributed by atoms with van der Waals surface area (Å²) in [6.45, 7) is 4.00. The number of nitrogens with zero attached hydrogens (tertiary/aromatic N) is 4. The van der Waals surface area contributed by atoms with E-state index >= 15 is 0 Å². The Morgan fingerprint density at radius 2 is 2.37 bits per heavy atom. The van der Waals surface area contributed by atoms with Gasteiger partial charge in [0.05, 0.1) is 19.4 Å². The topological polar surface area (TPSA) is 83.0 Å². The molecule has 0 amide bonds. The van der Waals surface area contributed by atoms with Crippen molar-refractivity contribution in [2.24, 2.45) is 0 Å². The molecule has 102 valence electrons. The second kappa shape index (κ2) is 5.87. The van der Waals surface area contributed by atoms with Crippen LogP contribution < -0.4 is 0 Å². The van der Waals surface area contributed by atoms with Crippen LogP contribution in [0.25, 0.3) is 0 Å². The van der Waals surface area contributed by atoms with Gasteiger partial charge >= 0.3 is 5.97 Å². The fourth-order valence-corrected chi connectivity index (χ4v) is 2.45. The van der Waals surface area contributed by atoms with Crippen molar-refractivity contribution in [1.82, 2.24) is 20.2 Å². The first-order valence-electron chi connectivity index (χ1n) is 5.68. The first-order chi connectivity index (χ1) is 9.13. The number of methoxy groups -OCH3 is 1. The molecular formula is C11H14N4O3S. The zero-order valence-corrected chi connectivity index (χ0v) is 11.7. The van der Waals surface area contributed by atoms with Crippen molar-refractivity contribution in [2.75, 3.05) is 7.11 Å². The van der Waals surface area contributed by atoms with Crippen molar-refractivity contribution in [1.29, 1.82) is 0 Å². The number of hydrogen-bond acceptors (Lipinski definition) is 7. The van der Waals surface area contributed by atoms with Crippen molar-refractivity contribution in [3.05, 3.63) is 23.7 Å². The highest BCUT2D eigenvalue weighted by molar-refractivity contribution is 7.98. The van der Waals surface area contributed by atoms with Gasteiger partial charge in [0.1, 0.15) is 0 Å². The molecule has 0 aliphatic heterocycles. The molecule has 0 fully saturated rings. The Kier molecular flexibility index (Phi) is 4.20. The average molecular weight is 282 g/mol. The number of aromatic nitrogens is 4. The van der Waals surface area contributed by atoms with Gasteiger partial charge in [-0.3, -0.25) is 0 Å². The summed E-state index contributed by atoms with van der Waals surface area (Å²) in [6, 6.07) is 1.92. The molecule has 2 aromatic rings. The summed E-state index contributed by atoms with van der Waals surface area (Å²) >= 11 is 1.44. The van der Waals surface area contributed by atoms with Crippen LogP contribution in [-0.4, -0.2) is 33.3 Å². The van der Waals surface area contributed by atoms with Crippen molar-refractivity contribution >= 4 is 17.7 Å². The number of hydrogen-bond donors (Lipinski definition) is 0. The minimum absolute atomic E-state index is 0.182. The van der Waals surface area contributed by atoms with Crippen LogP contribution in [0.5, 0.6) is 0 Å². The highest BCUT2D eigenvalue weighted by Gasteiger charge is 2.17. The predicted octanol–water partition coefficient (Wildman–Crippen LogP) is 1.93. The molecule has 0 aromatic carbocycles. The number of carbonyl (C=O) groups is 1. The van der Waals surface area contributed by atoms with E-state index in [1.807, 2.05) is 13.8 Å². The first kappa shape index (κ1) is 13.6. The molecule has 0 spiro atoms. The predicted molar refractivity (Wildman–Crippen MR) is 67.8 cm³/mol. The molecule has 0 aliphatic carbocycles. The van der Waals surface area contributed by atoms with Crippen LogP contribution in [0.3, 0.4) is 0 Å². The van der Waals surface area contributed by atoms with E-state index in [2.05, 4.69) is 20.3 Å². The number of furan rings is 1. The van der Waals surface area contributed by atoms with Crippen LogP contribution in [0.1, 0.15) is 36.0 Å². The molecule has 0 saturated carbocycles. The lowest BCUT2D eigenvalue weighted by Gasteiger charge is -2.06. The number of esters is 1. The Labute approximate surface area is 114 Å². The molecular weight excluding hydrogens is 268 g/mol. The summed E-state index contributed by atoms with van der Waals surface area (Å²) in [7, 11) is 1.32. The molecule has 19 heavy (non-hydrogen) atoms. The van der Waals surface area contributed by atoms with E-state index in [9.17, 15) is 4.79 Å². The van der Waals surface area contributed by atoms with Gasteiger partial charge in [-0.15, -0.1) is 5.10 Å². The maximum Gasteiger partial charge on any atom is 0.374 e. The number of rotatable bonds is 5. The number of ether oxygens (including phenoxy) is 1. The van der Waals surface area contributed by atoms with E-state index in [1.54, 1.807) is 10.7 Å². The zero-order valence-electron chi connectivity index (χ0n) is 10.9. The molecule has 2 aromatic heterocycles. The van der Waals surface area contributed by atoms with Crippen LogP contribution >= 0.6 is 11.8 Å². The monoisotopic (exact) mass is 282 g/mol. The van der Waals surface area contributed by atoms with Crippen LogP contribution in [0.4, 0.5) is 0 Å². The lowest BCUT2D eigenvalue weighted by atomic mass is 10.3. The third kappa shape index (κ3) is 2.95.